The third-order valence-electron chi connectivity index (χ3n) is 17.8. The van der Waals surface area contributed by atoms with Crippen molar-refractivity contribution >= 4 is 84.5 Å². The van der Waals surface area contributed by atoms with Crippen molar-refractivity contribution in [3.63, 3.8) is 0 Å². The summed E-state index contributed by atoms with van der Waals surface area (Å²) in [5.41, 5.74) is 25.5. The fraction of sp³-hybridized carbons (Fsp3) is 0.275. The van der Waals surface area contributed by atoms with E-state index in [0.29, 0.717) is 0 Å². The van der Waals surface area contributed by atoms with Gasteiger partial charge in [0.05, 0.1) is 27.8 Å². The Bertz CT molecular complexity index is 4220. The first-order valence-electron chi connectivity index (χ1n) is 26.9. The Morgan fingerprint density at radius 2 is 1.19 bits per heavy atom. The van der Waals surface area contributed by atoms with Gasteiger partial charge in [-0.15, -0.1) is 0 Å². The van der Waals surface area contributed by atoms with Crippen LogP contribution in [0.4, 0.5) is 11.4 Å². The van der Waals surface area contributed by atoms with Gasteiger partial charge in [-0.05, 0) is 162 Å². The zero-order chi connectivity index (χ0) is 51.2. The van der Waals surface area contributed by atoms with E-state index in [1.165, 1.54) is 56.3 Å². The van der Waals surface area contributed by atoms with E-state index >= 15 is 0 Å². The van der Waals surface area contributed by atoms with Gasteiger partial charge < -0.3 is 18.7 Å². The van der Waals surface area contributed by atoms with Gasteiger partial charge in [0.15, 0.2) is 0 Å². The number of aromatic nitrogens is 1. The second-order valence-electron chi connectivity index (χ2n) is 25.9. The van der Waals surface area contributed by atoms with Crippen LogP contribution < -0.4 is 16.4 Å². The molecule has 1 aliphatic heterocycles. The molecule has 0 saturated carbocycles. The van der Waals surface area contributed by atoms with Gasteiger partial charge >= 0.3 is 0 Å². The van der Waals surface area contributed by atoms with E-state index < -0.39 is 0 Å². The quantitative estimate of drug-likeness (QED) is 0.179. The van der Waals surface area contributed by atoms with Gasteiger partial charge in [-0.1, -0.05) is 162 Å². The summed E-state index contributed by atoms with van der Waals surface area (Å²) < 4.78 is 17.0. The monoisotopic (exact) mass is 964 g/mol. The van der Waals surface area contributed by atoms with E-state index in [-0.39, 0.29) is 27.1 Å². The molecule has 365 valence electrons. The number of benzene rings is 8. The van der Waals surface area contributed by atoms with Gasteiger partial charge in [0.2, 0.25) is 7.28 Å². The molecule has 0 bridgehead atoms. The number of hydrogen-bond acceptors (Lipinski definition) is 3. The van der Waals surface area contributed by atoms with Crippen LogP contribution in [-0.2, 0) is 27.1 Å². The smallest absolute Gasteiger partial charge is 0.247 e. The van der Waals surface area contributed by atoms with Crippen molar-refractivity contribution in [2.75, 3.05) is 5.32 Å². The molecule has 11 aromatic rings. The number of para-hydroxylation sites is 1. The molecule has 5 heteroatoms. The molecule has 14 rings (SSSR count). The van der Waals surface area contributed by atoms with E-state index in [1.807, 2.05) is 0 Å². The van der Waals surface area contributed by atoms with E-state index in [9.17, 15) is 0 Å². The standard InChI is InChI=1S/C69H64BN2O2/c1-65(2,3)40-23-26-42(27-24-40)71-53-37-50-45(46-35-51-52(36-49(46)69(50,11)12)68(9,10)31-30-67(51,7)8)34-47(53)57-58-43-20-16-17-21-55(43)73-63(58)59-48-33-41(66(4,5)6)25-29-54(48)72-61-44-28-22-39(38-18-14-13-15-19-38)32-56(44)74-64(61)70-60(57)62(59)72/h13-29,32-37,71H,30-31H2,1-12H3. The Balaban J connectivity index is 1.12. The van der Waals surface area contributed by atoms with E-state index in [1.54, 1.807) is 0 Å². The zero-order valence-corrected chi connectivity index (χ0v) is 45.0. The van der Waals surface area contributed by atoms with Crippen LogP contribution in [0.1, 0.15) is 129 Å². The van der Waals surface area contributed by atoms with E-state index in [2.05, 4.69) is 240 Å². The first-order valence-corrected chi connectivity index (χ1v) is 26.9. The molecule has 74 heavy (non-hydrogen) atoms. The van der Waals surface area contributed by atoms with Crippen LogP contribution in [0.2, 0.25) is 0 Å². The first kappa shape index (κ1) is 45.4. The summed E-state index contributed by atoms with van der Waals surface area (Å²) in [4.78, 5) is 0. The van der Waals surface area contributed by atoms with E-state index in [0.717, 1.165) is 106 Å². The van der Waals surface area contributed by atoms with Crippen molar-refractivity contribution in [3.05, 3.63) is 173 Å². The molecular weight excluding hydrogens is 900 g/mol. The lowest BCUT2D eigenvalue weighted by Gasteiger charge is -2.42. The molecule has 0 unspecified atom stereocenters. The highest BCUT2D eigenvalue weighted by atomic mass is 16.3. The normalized spacial score (nSPS) is 16.2. The average Bonchev–Trinajstić information content (AvgIpc) is 4.10. The van der Waals surface area contributed by atoms with Crippen molar-refractivity contribution in [3.8, 4) is 39.1 Å². The lowest BCUT2D eigenvalue weighted by Crippen LogP contribution is -2.36. The highest BCUT2D eigenvalue weighted by Crippen LogP contribution is 2.57. The molecule has 3 aromatic heterocycles. The summed E-state index contributed by atoms with van der Waals surface area (Å²) in [6, 6.07) is 52.4. The maximum Gasteiger partial charge on any atom is 0.247 e. The molecule has 0 amide bonds. The Labute approximate surface area is 436 Å². The highest BCUT2D eigenvalue weighted by molar-refractivity contribution is 6.74. The molecule has 3 aliphatic rings. The topological polar surface area (TPSA) is 43.2 Å². The predicted molar refractivity (Wildman–Crippen MR) is 314 cm³/mol. The van der Waals surface area contributed by atoms with Gasteiger partial charge in [0, 0.05) is 43.9 Å². The summed E-state index contributed by atoms with van der Waals surface area (Å²) in [6.45, 7) is 28.5. The van der Waals surface area contributed by atoms with Crippen LogP contribution >= 0.6 is 0 Å². The largest absolute Gasteiger partial charge is 0.469 e. The third-order valence-corrected chi connectivity index (χ3v) is 17.8. The van der Waals surface area contributed by atoms with E-state index in [4.69, 9.17) is 8.83 Å². The molecule has 0 atom stereocenters. The molecule has 8 aromatic carbocycles. The molecule has 0 spiro atoms. The van der Waals surface area contributed by atoms with Crippen LogP contribution in [0.25, 0.3) is 93.8 Å². The molecule has 2 aliphatic carbocycles. The molecule has 4 nitrogen and oxygen atoms in total. The van der Waals surface area contributed by atoms with Crippen LogP contribution in [0.5, 0.6) is 0 Å². The van der Waals surface area contributed by atoms with Crippen molar-refractivity contribution in [2.24, 2.45) is 0 Å². The number of fused-ring (bicyclic) bond motifs is 15. The number of rotatable bonds is 4. The number of hydrogen-bond donors (Lipinski definition) is 1. The molecule has 0 saturated heterocycles. The van der Waals surface area contributed by atoms with Gasteiger partial charge in [-0.25, -0.2) is 0 Å². The second-order valence-corrected chi connectivity index (χ2v) is 25.9. The highest BCUT2D eigenvalue weighted by Gasteiger charge is 2.44. The minimum Gasteiger partial charge on any atom is -0.469 e. The number of nitrogens with zero attached hydrogens (tertiary/aromatic N) is 1. The summed E-state index contributed by atoms with van der Waals surface area (Å²) in [7, 11) is 2.36. The summed E-state index contributed by atoms with van der Waals surface area (Å²) in [5.74, 6) is 0. The van der Waals surface area contributed by atoms with Crippen molar-refractivity contribution < 1.29 is 8.83 Å². The third kappa shape index (κ3) is 6.40. The van der Waals surface area contributed by atoms with Gasteiger partial charge in [0.1, 0.15) is 16.7 Å². The summed E-state index contributed by atoms with van der Waals surface area (Å²) in [6.07, 6.45) is 2.34. The van der Waals surface area contributed by atoms with Crippen LogP contribution in [0.15, 0.2) is 148 Å². The number of nitrogens with one attached hydrogen (secondary N) is 1. The lowest BCUT2D eigenvalue weighted by atomic mass is 9.61. The minimum atomic E-state index is -0.247. The van der Waals surface area contributed by atoms with Crippen LogP contribution in [0.3, 0.4) is 0 Å². The fourth-order valence-corrected chi connectivity index (χ4v) is 13.3. The Morgan fingerprint density at radius 3 is 1.92 bits per heavy atom. The van der Waals surface area contributed by atoms with Crippen molar-refractivity contribution in [1.82, 2.24) is 4.57 Å². The first-order chi connectivity index (χ1) is 35.2. The maximum absolute atomic E-state index is 7.34. The summed E-state index contributed by atoms with van der Waals surface area (Å²) in [5, 5.41) is 9.70. The fourth-order valence-electron chi connectivity index (χ4n) is 13.3. The van der Waals surface area contributed by atoms with Crippen LogP contribution in [0, 0.1) is 0 Å². The van der Waals surface area contributed by atoms with Crippen LogP contribution in [-0.4, -0.2) is 11.8 Å². The van der Waals surface area contributed by atoms with Gasteiger partial charge in [0.25, 0.3) is 0 Å². The van der Waals surface area contributed by atoms with Crippen molar-refractivity contribution in [2.45, 2.75) is 123 Å². The van der Waals surface area contributed by atoms with Crippen molar-refractivity contribution in [1.29, 1.82) is 0 Å². The maximum atomic E-state index is 7.34. The Kier molecular flexibility index (Phi) is 9.18. The molecule has 1 N–H and O–H groups in total. The summed E-state index contributed by atoms with van der Waals surface area (Å²) >= 11 is 0. The molecule has 4 heterocycles. The number of anilines is 2. The minimum absolute atomic E-state index is 0.0297. The second kappa shape index (κ2) is 15.0. The SMILES string of the molecule is CC(C)(C)c1ccc(Nc2cc3c(cc2-c2c4c5c(c6cc(C(C)(C)C)ccc6n5-c5c(oc6cc(-c7ccccc7)ccc56)[B]4)c4oc5ccccc5c24)-c2cc4c(cc2C3(C)C)C(C)(C)CCC4(C)C)cc1. The average molecular weight is 964 g/mol. The predicted octanol–water partition coefficient (Wildman–Crippen LogP) is 17.7. The molecular formula is C69H64BN2O2. The number of furan rings is 2. The lowest BCUT2D eigenvalue weighted by molar-refractivity contribution is 0.331. The molecule has 1 radical (unpaired) electrons. The zero-order valence-electron chi connectivity index (χ0n) is 45.0. The Morgan fingerprint density at radius 1 is 0.527 bits per heavy atom. The Hall–Kier alpha value is -7.24. The van der Waals surface area contributed by atoms with Gasteiger partial charge in [-0.3, -0.25) is 0 Å². The van der Waals surface area contributed by atoms with Gasteiger partial charge in [-0.2, -0.15) is 0 Å². The molecule has 0 fully saturated rings.